The zero-order valence-corrected chi connectivity index (χ0v) is 15.6. The van der Waals surface area contributed by atoms with E-state index in [1.807, 2.05) is 19.1 Å². The molecule has 0 bridgehead atoms. The van der Waals surface area contributed by atoms with Crippen molar-refractivity contribution in [1.29, 1.82) is 0 Å². The molecular weight excluding hydrogens is 363 g/mol. The molecule has 1 aromatic carbocycles. The van der Waals surface area contributed by atoms with Crippen LogP contribution in [0.3, 0.4) is 0 Å². The molecular formula is C16H22Cl2N6O. The lowest BCUT2D eigenvalue weighted by Crippen LogP contribution is -2.47. The van der Waals surface area contributed by atoms with E-state index >= 15 is 0 Å². The fourth-order valence-corrected chi connectivity index (χ4v) is 2.92. The van der Waals surface area contributed by atoms with Crippen molar-refractivity contribution in [3.8, 4) is 11.4 Å². The predicted molar refractivity (Wildman–Crippen MR) is 98.9 cm³/mol. The first-order chi connectivity index (χ1) is 11.7. The fraction of sp³-hybridized carbons (Fsp3) is 0.500. The lowest BCUT2D eigenvalue weighted by atomic mass is 10.1. The van der Waals surface area contributed by atoms with Gasteiger partial charge in [0.2, 0.25) is 11.7 Å². The van der Waals surface area contributed by atoms with E-state index < -0.39 is 6.04 Å². The first-order valence-electron chi connectivity index (χ1n) is 8.24. The van der Waals surface area contributed by atoms with Gasteiger partial charge < -0.3 is 10.6 Å². The molecule has 2 N–H and O–H groups in total. The van der Waals surface area contributed by atoms with Gasteiger partial charge in [0.05, 0.1) is 0 Å². The van der Waals surface area contributed by atoms with Crippen molar-refractivity contribution >= 4 is 29.9 Å². The molecule has 1 aliphatic rings. The molecule has 1 aromatic heterocycles. The molecule has 3 rings (SSSR count). The monoisotopic (exact) mass is 384 g/mol. The second-order valence-corrected chi connectivity index (χ2v) is 6.35. The molecule has 2 atom stereocenters. The van der Waals surface area contributed by atoms with Crippen LogP contribution in [0.1, 0.15) is 32.2 Å². The fourth-order valence-electron chi connectivity index (χ4n) is 2.80. The molecule has 2 heterocycles. The Labute approximate surface area is 157 Å². The van der Waals surface area contributed by atoms with Gasteiger partial charge in [-0.3, -0.25) is 4.79 Å². The van der Waals surface area contributed by atoms with Gasteiger partial charge in [0.25, 0.3) is 0 Å². The van der Waals surface area contributed by atoms with Crippen molar-refractivity contribution in [2.75, 3.05) is 13.1 Å². The first kappa shape index (κ1) is 19.6. The third-order valence-electron chi connectivity index (χ3n) is 4.14. The third kappa shape index (κ3) is 4.90. The van der Waals surface area contributed by atoms with Gasteiger partial charge >= 0.3 is 0 Å². The Morgan fingerprint density at radius 2 is 2.20 bits per heavy atom. The number of carbonyl (C=O) groups excluding carboxylic acids is 1. The topological polar surface area (TPSA) is 84.7 Å². The standard InChI is InChI=1S/C16H21ClN6O.ClH/c1-2-14(16(24)19-13-4-3-9-18-10-13)23-21-15(20-22-23)11-5-7-12(17)8-6-11;/h5-8,13-14,18H,2-4,9-10H2,1H3,(H,19,24);1H/t13-,14?;/m0./s1. The maximum absolute atomic E-state index is 12.5. The number of nitrogens with zero attached hydrogens (tertiary/aromatic N) is 4. The first-order valence-corrected chi connectivity index (χ1v) is 8.61. The summed E-state index contributed by atoms with van der Waals surface area (Å²) in [5, 5.41) is 19.5. The van der Waals surface area contributed by atoms with Gasteiger partial charge in [0.15, 0.2) is 6.04 Å². The molecule has 1 unspecified atom stereocenters. The molecule has 9 heteroatoms. The highest BCUT2D eigenvalue weighted by atomic mass is 35.5. The smallest absolute Gasteiger partial charge is 0.247 e. The normalized spacial score (nSPS) is 18.2. The van der Waals surface area contributed by atoms with Gasteiger partial charge in [-0.05, 0) is 55.3 Å². The predicted octanol–water partition coefficient (Wildman–Crippen LogP) is 2.23. The van der Waals surface area contributed by atoms with E-state index in [1.54, 1.807) is 12.1 Å². The van der Waals surface area contributed by atoms with Crippen LogP contribution in [0.5, 0.6) is 0 Å². The molecule has 0 radical (unpaired) electrons. The Kier molecular flexibility index (Phi) is 7.16. The summed E-state index contributed by atoms with van der Waals surface area (Å²) >= 11 is 5.89. The summed E-state index contributed by atoms with van der Waals surface area (Å²) < 4.78 is 0. The minimum absolute atomic E-state index is 0. The summed E-state index contributed by atoms with van der Waals surface area (Å²) in [6.45, 7) is 3.76. The maximum atomic E-state index is 12.5. The minimum atomic E-state index is -0.458. The van der Waals surface area contributed by atoms with Crippen molar-refractivity contribution in [2.24, 2.45) is 0 Å². The van der Waals surface area contributed by atoms with E-state index in [4.69, 9.17) is 11.6 Å². The molecule has 2 aromatic rings. The van der Waals surface area contributed by atoms with Gasteiger partial charge in [-0.25, -0.2) is 0 Å². The van der Waals surface area contributed by atoms with Crippen LogP contribution in [-0.4, -0.2) is 45.2 Å². The molecule has 25 heavy (non-hydrogen) atoms. The number of piperidine rings is 1. The number of tetrazole rings is 1. The van der Waals surface area contributed by atoms with Crippen LogP contribution < -0.4 is 10.6 Å². The number of carbonyl (C=O) groups is 1. The molecule has 136 valence electrons. The van der Waals surface area contributed by atoms with Crippen LogP contribution in [0, 0.1) is 0 Å². The Morgan fingerprint density at radius 1 is 1.44 bits per heavy atom. The van der Waals surface area contributed by atoms with E-state index in [1.165, 1.54) is 4.80 Å². The molecule has 1 amide bonds. The number of benzene rings is 1. The van der Waals surface area contributed by atoms with Gasteiger partial charge in [0, 0.05) is 23.2 Å². The second kappa shape index (κ2) is 9.12. The van der Waals surface area contributed by atoms with Crippen LogP contribution in [0.2, 0.25) is 5.02 Å². The Hall–Kier alpha value is -1.70. The second-order valence-electron chi connectivity index (χ2n) is 5.92. The third-order valence-corrected chi connectivity index (χ3v) is 4.39. The highest BCUT2D eigenvalue weighted by Crippen LogP contribution is 2.18. The number of hydrogen-bond donors (Lipinski definition) is 2. The van der Waals surface area contributed by atoms with Gasteiger partial charge in [-0.1, -0.05) is 18.5 Å². The summed E-state index contributed by atoms with van der Waals surface area (Å²) in [7, 11) is 0. The van der Waals surface area contributed by atoms with Crippen molar-refractivity contribution in [3.05, 3.63) is 29.3 Å². The van der Waals surface area contributed by atoms with Crippen molar-refractivity contribution in [3.63, 3.8) is 0 Å². The molecule has 0 aliphatic carbocycles. The van der Waals surface area contributed by atoms with Gasteiger partial charge in [-0.15, -0.1) is 22.6 Å². The minimum Gasteiger partial charge on any atom is -0.350 e. The number of halogens is 2. The van der Waals surface area contributed by atoms with Crippen LogP contribution in [0.4, 0.5) is 0 Å². The summed E-state index contributed by atoms with van der Waals surface area (Å²) in [4.78, 5) is 13.9. The lowest BCUT2D eigenvalue weighted by molar-refractivity contribution is -0.125. The van der Waals surface area contributed by atoms with E-state index in [0.29, 0.717) is 17.3 Å². The van der Waals surface area contributed by atoms with Crippen LogP contribution in [0.25, 0.3) is 11.4 Å². The number of rotatable bonds is 5. The number of nitrogens with one attached hydrogen (secondary N) is 2. The van der Waals surface area contributed by atoms with E-state index in [2.05, 4.69) is 26.0 Å². The largest absolute Gasteiger partial charge is 0.350 e. The van der Waals surface area contributed by atoms with Crippen molar-refractivity contribution < 1.29 is 4.79 Å². The zero-order valence-electron chi connectivity index (χ0n) is 14.0. The molecule has 0 saturated carbocycles. The Bertz CT molecular complexity index is 684. The Morgan fingerprint density at radius 3 is 2.84 bits per heavy atom. The van der Waals surface area contributed by atoms with E-state index in [9.17, 15) is 4.79 Å². The molecule has 1 aliphatic heterocycles. The van der Waals surface area contributed by atoms with Crippen molar-refractivity contribution in [1.82, 2.24) is 30.8 Å². The lowest BCUT2D eigenvalue weighted by Gasteiger charge is -2.25. The highest BCUT2D eigenvalue weighted by Gasteiger charge is 2.25. The van der Waals surface area contributed by atoms with Crippen molar-refractivity contribution in [2.45, 2.75) is 38.3 Å². The molecule has 1 saturated heterocycles. The zero-order chi connectivity index (χ0) is 16.9. The van der Waals surface area contributed by atoms with Gasteiger partial charge in [0.1, 0.15) is 0 Å². The van der Waals surface area contributed by atoms with Gasteiger partial charge in [-0.2, -0.15) is 4.80 Å². The average Bonchev–Trinajstić information content (AvgIpc) is 3.07. The van der Waals surface area contributed by atoms with Crippen LogP contribution >= 0.6 is 24.0 Å². The number of amides is 1. The number of hydrogen-bond acceptors (Lipinski definition) is 5. The Balaban J connectivity index is 0.00000225. The summed E-state index contributed by atoms with van der Waals surface area (Å²) in [5.74, 6) is 0.420. The van der Waals surface area contributed by atoms with Crippen LogP contribution in [-0.2, 0) is 4.79 Å². The SMILES string of the molecule is CCC(C(=O)N[C@H]1CCCNC1)n1nnc(-c2ccc(Cl)cc2)n1.Cl. The highest BCUT2D eigenvalue weighted by molar-refractivity contribution is 6.30. The summed E-state index contributed by atoms with van der Waals surface area (Å²) in [6.07, 6.45) is 2.67. The molecule has 1 fully saturated rings. The quantitative estimate of drug-likeness (QED) is 0.825. The summed E-state index contributed by atoms with van der Waals surface area (Å²) in [5.41, 5.74) is 0.817. The maximum Gasteiger partial charge on any atom is 0.247 e. The van der Waals surface area contributed by atoms with E-state index in [0.717, 1.165) is 31.5 Å². The molecule has 7 nitrogen and oxygen atoms in total. The molecule has 0 spiro atoms. The summed E-state index contributed by atoms with van der Waals surface area (Å²) in [6, 6.07) is 6.92. The average molecular weight is 385 g/mol. The van der Waals surface area contributed by atoms with E-state index in [-0.39, 0.29) is 24.4 Å². The van der Waals surface area contributed by atoms with Crippen LogP contribution in [0.15, 0.2) is 24.3 Å². The number of aromatic nitrogens is 4.